The van der Waals surface area contributed by atoms with Crippen molar-refractivity contribution in [3.63, 3.8) is 0 Å². The molecule has 0 saturated heterocycles. The number of carbonyl (C=O) groups excluding carboxylic acids is 1. The number of hydrazone groups is 1. The fraction of sp³-hybridized carbons (Fsp3) is 0.444. The van der Waals surface area contributed by atoms with Crippen molar-refractivity contribution in [2.75, 3.05) is 6.54 Å². The molecule has 0 aromatic carbocycles. The number of furan rings is 1. The average Bonchev–Trinajstić information content (AvgIpc) is 3.32. The standard InChI is InChI=1S/C18H23N3O2S/c1-4-18(2,3)19-12-17(22)21-14(16-8-6-10-24-16)11-13(20-21)15-7-5-9-23-15/h5-10,14,19H,4,11-12H2,1-3H3. The Hall–Kier alpha value is -1.92. The van der Waals surface area contributed by atoms with E-state index in [0.717, 1.165) is 22.8 Å². The Bertz CT molecular complexity index is 705. The molecule has 3 heterocycles. The summed E-state index contributed by atoms with van der Waals surface area (Å²) in [5.41, 5.74) is 0.753. The zero-order valence-electron chi connectivity index (χ0n) is 14.3. The van der Waals surface area contributed by atoms with Crippen LogP contribution in [0.25, 0.3) is 0 Å². The molecule has 1 amide bonds. The topological polar surface area (TPSA) is 57.8 Å². The van der Waals surface area contributed by atoms with Crippen molar-refractivity contribution < 1.29 is 9.21 Å². The molecule has 2 aromatic rings. The lowest BCUT2D eigenvalue weighted by Gasteiger charge is -2.26. The summed E-state index contributed by atoms with van der Waals surface area (Å²) in [5, 5.41) is 11.5. The van der Waals surface area contributed by atoms with Crippen molar-refractivity contribution in [3.8, 4) is 0 Å². The van der Waals surface area contributed by atoms with E-state index in [1.807, 2.05) is 23.6 Å². The highest BCUT2D eigenvalue weighted by molar-refractivity contribution is 7.10. The number of hydrogen-bond acceptors (Lipinski definition) is 5. The Balaban J connectivity index is 1.79. The highest BCUT2D eigenvalue weighted by Crippen LogP contribution is 2.35. The zero-order valence-corrected chi connectivity index (χ0v) is 15.1. The van der Waals surface area contributed by atoms with Crippen LogP contribution in [-0.4, -0.2) is 28.7 Å². The minimum absolute atomic E-state index is 0.0171. The first-order valence-corrected chi connectivity index (χ1v) is 9.10. The zero-order chi connectivity index (χ0) is 17.2. The second kappa shape index (κ2) is 6.91. The molecule has 0 saturated carbocycles. The van der Waals surface area contributed by atoms with Crippen molar-refractivity contribution in [1.29, 1.82) is 0 Å². The van der Waals surface area contributed by atoms with Crippen LogP contribution >= 0.6 is 11.3 Å². The molecule has 1 unspecified atom stereocenters. The predicted molar refractivity (Wildman–Crippen MR) is 96.1 cm³/mol. The third kappa shape index (κ3) is 3.60. The van der Waals surface area contributed by atoms with Crippen molar-refractivity contribution in [2.24, 2.45) is 5.10 Å². The van der Waals surface area contributed by atoms with Crippen LogP contribution in [0.15, 0.2) is 45.4 Å². The normalized spacial score (nSPS) is 18.0. The lowest BCUT2D eigenvalue weighted by molar-refractivity contribution is -0.132. The lowest BCUT2D eigenvalue weighted by atomic mass is 10.0. The van der Waals surface area contributed by atoms with Gasteiger partial charge in [-0.2, -0.15) is 5.10 Å². The highest BCUT2D eigenvalue weighted by atomic mass is 32.1. The van der Waals surface area contributed by atoms with Crippen LogP contribution in [0.5, 0.6) is 0 Å². The predicted octanol–water partition coefficient (Wildman–Crippen LogP) is 3.80. The third-order valence-corrected chi connectivity index (χ3v) is 5.42. The van der Waals surface area contributed by atoms with E-state index in [9.17, 15) is 4.79 Å². The van der Waals surface area contributed by atoms with E-state index in [2.05, 4.69) is 37.3 Å². The second-order valence-corrected chi connectivity index (χ2v) is 7.57. The van der Waals surface area contributed by atoms with Gasteiger partial charge in [-0.1, -0.05) is 13.0 Å². The molecule has 6 heteroatoms. The summed E-state index contributed by atoms with van der Waals surface area (Å²) in [7, 11) is 0. The first-order valence-electron chi connectivity index (χ1n) is 8.22. The maximum absolute atomic E-state index is 12.8. The van der Waals surface area contributed by atoms with Crippen LogP contribution in [-0.2, 0) is 4.79 Å². The fourth-order valence-electron chi connectivity index (χ4n) is 2.56. The van der Waals surface area contributed by atoms with Gasteiger partial charge < -0.3 is 9.73 Å². The monoisotopic (exact) mass is 345 g/mol. The summed E-state index contributed by atoms with van der Waals surface area (Å²) in [6, 6.07) is 7.74. The number of nitrogens with zero attached hydrogens (tertiary/aromatic N) is 2. The number of rotatable bonds is 6. The molecule has 128 valence electrons. The maximum Gasteiger partial charge on any atom is 0.257 e. The van der Waals surface area contributed by atoms with Crippen LogP contribution < -0.4 is 5.32 Å². The van der Waals surface area contributed by atoms with Crippen LogP contribution in [0, 0.1) is 0 Å². The summed E-state index contributed by atoms with van der Waals surface area (Å²) in [5.74, 6) is 0.713. The Morgan fingerprint density at radius 1 is 1.46 bits per heavy atom. The van der Waals surface area contributed by atoms with Gasteiger partial charge in [-0.15, -0.1) is 11.3 Å². The van der Waals surface area contributed by atoms with Gasteiger partial charge in [-0.3, -0.25) is 4.79 Å². The molecular formula is C18H23N3O2S. The van der Waals surface area contributed by atoms with Gasteiger partial charge in [-0.25, -0.2) is 5.01 Å². The number of carbonyl (C=O) groups is 1. The fourth-order valence-corrected chi connectivity index (χ4v) is 3.37. The van der Waals surface area contributed by atoms with Gasteiger partial charge in [0.05, 0.1) is 18.8 Å². The average molecular weight is 345 g/mol. The van der Waals surface area contributed by atoms with Crippen molar-refractivity contribution in [1.82, 2.24) is 10.3 Å². The minimum atomic E-state index is -0.0681. The van der Waals surface area contributed by atoms with Gasteiger partial charge in [0, 0.05) is 16.8 Å². The van der Waals surface area contributed by atoms with E-state index in [-0.39, 0.29) is 24.0 Å². The summed E-state index contributed by atoms with van der Waals surface area (Å²) in [6.07, 6.45) is 3.26. The SMILES string of the molecule is CCC(C)(C)NCC(=O)N1N=C(c2ccco2)CC1c1cccs1. The first-order chi connectivity index (χ1) is 11.5. The number of thiophene rings is 1. The van der Waals surface area contributed by atoms with Gasteiger partial charge in [0.2, 0.25) is 0 Å². The van der Waals surface area contributed by atoms with Crippen molar-refractivity contribution in [3.05, 3.63) is 46.5 Å². The largest absolute Gasteiger partial charge is 0.463 e. The van der Waals surface area contributed by atoms with E-state index in [1.165, 1.54) is 0 Å². The summed E-state index contributed by atoms with van der Waals surface area (Å²) in [6.45, 7) is 6.57. The Morgan fingerprint density at radius 3 is 2.92 bits per heavy atom. The first kappa shape index (κ1) is 16.9. The van der Waals surface area contributed by atoms with Gasteiger partial charge >= 0.3 is 0 Å². The van der Waals surface area contributed by atoms with E-state index in [1.54, 1.807) is 22.6 Å². The van der Waals surface area contributed by atoms with Crippen LogP contribution in [0.4, 0.5) is 0 Å². The van der Waals surface area contributed by atoms with Gasteiger partial charge in [0.1, 0.15) is 11.5 Å². The molecule has 24 heavy (non-hydrogen) atoms. The minimum Gasteiger partial charge on any atom is -0.463 e. The molecule has 0 spiro atoms. The van der Waals surface area contributed by atoms with E-state index in [4.69, 9.17) is 4.42 Å². The second-order valence-electron chi connectivity index (χ2n) is 6.59. The van der Waals surface area contributed by atoms with Crippen LogP contribution in [0.1, 0.15) is 50.3 Å². The molecule has 1 atom stereocenters. The Kier molecular flexibility index (Phi) is 4.87. The van der Waals surface area contributed by atoms with E-state index < -0.39 is 0 Å². The lowest BCUT2D eigenvalue weighted by Crippen LogP contribution is -2.45. The molecule has 1 aliphatic heterocycles. The van der Waals surface area contributed by atoms with E-state index in [0.29, 0.717) is 6.42 Å². The Labute approximate surface area is 146 Å². The number of hydrogen-bond donors (Lipinski definition) is 1. The van der Waals surface area contributed by atoms with Crippen LogP contribution in [0.2, 0.25) is 0 Å². The highest BCUT2D eigenvalue weighted by Gasteiger charge is 2.34. The summed E-state index contributed by atoms with van der Waals surface area (Å²) >= 11 is 1.65. The third-order valence-electron chi connectivity index (χ3n) is 4.45. The quantitative estimate of drug-likeness (QED) is 0.866. The van der Waals surface area contributed by atoms with Crippen molar-refractivity contribution >= 4 is 23.0 Å². The molecular weight excluding hydrogens is 322 g/mol. The molecule has 2 aromatic heterocycles. The van der Waals surface area contributed by atoms with Gasteiger partial charge in [0.15, 0.2) is 0 Å². The summed E-state index contributed by atoms with van der Waals surface area (Å²) < 4.78 is 5.46. The van der Waals surface area contributed by atoms with Gasteiger partial charge in [0.25, 0.3) is 5.91 Å². The Morgan fingerprint density at radius 2 is 2.29 bits per heavy atom. The molecule has 5 nitrogen and oxygen atoms in total. The molecule has 0 bridgehead atoms. The molecule has 1 N–H and O–H groups in total. The smallest absolute Gasteiger partial charge is 0.257 e. The maximum atomic E-state index is 12.8. The molecule has 0 fully saturated rings. The van der Waals surface area contributed by atoms with Gasteiger partial charge in [-0.05, 0) is 43.8 Å². The molecule has 1 aliphatic rings. The summed E-state index contributed by atoms with van der Waals surface area (Å²) in [4.78, 5) is 13.9. The van der Waals surface area contributed by atoms with E-state index >= 15 is 0 Å². The van der Waals surface area contributed by atoms with Crippen LogP contribution in [0.3, 0.4) is 0 Å². The molecule has 0 radical (unpaired) electrons. The molecule has 3 rings (SSSR count). The number of nitrogens with one attached hydrogen (secondary N) is 1. The number of amides is 1. The van der Waals surface area contributed by atoms with Crippen molar-refractivity contribution in [2.45, 2.75) is 45.2 Å². The molecule has 0 aliphatic carbocycles.